The van der Waals surface area contributed by atoms with E-state index in [-0.39, 0.29) is 17.0 Å². The van der Waals surface area contributed by atoms with Crippen molar-refractivity contribution in [3.8, 4) is 11.3 Å². The van der Waals surface area contributed by atoms with Crippen molar-refractivity contribution in [1.82, 2.24) is 9.97 Å². The second-order valence-corrected chi connectivity index (χ2v) is 4.23. The minimum Gasteiger partial charge on any atom is -0.248 e. The van der Waals surface area contributed by atoms with E-state index < -0.39 is 23.7 Å². The molecule has 2 rings (SSSR count). The van der Waals surface area contributed by atoms with Gasteiger partial charge in [0.2, 0.25) is 0 Å². The molecule has 0 fully saturated rings. The number of hydrogen-bond acceptors (Lipinski definition) is 2. The topological polar surface area (TPSA) is 25.8 Å². The van der Waals surface area contributed by atoms with E-state index in [1.165, 1.54) is 13.0 Å². The molecule has 2 nitrogen and oxygen atoms in total. The zero-order valence-electron chi connectivity index (χ0n) is 10.5. The van der Waals surface area contributed by atoms with E-state index in [1.807, 2.05) is 0 Å². The van der Waals surface area contributed by atoms with Gasteiger partial charge in [0.1, 0.15) is 11.4 Å². The van der Waals surface area contributed by atoms with Gasteiger partial charge < -0.3 is 0 Å². The first kappa shape index (κ1) is 15.3. The molecule has 0 aliphatic heterocycles. The molecule has 0 N–H and O–H groups in total. The third-order valence-corrected chi connectivity index (χ3v) is 2.69. The minimum absolute atomic E-state index is 0.0448. The summed E-state index contributed by atoms with van der Waals surface area (Å²) in [6, 6.07) is 4.99. The van der Waals surface area contributed by atoms with Crippen LogP contribution >= 0.6 is 0 Å². The molecule has 2 aromatic rings. The van der Waals surface area contributed by atoms with Crippen molar-refractivity contribution in [2.45, 2.75) is 19.3 Å². The lowest BCUT2D eigenvalue weighted by Crippen LogP contribution is -2.10. The fourth-order valence-electron chi connectivity index (χ4n) is 1.73. The summed E-state index contributed by atoms with van der Waals surface area (Å²) < 4.78 is 75.2. The monoisotopic (exact) mass is 306 g/mol. The quantitative estimate of drug-likeness (QED) is 0.725. The fourth-order valence-corrected chi connectivity index (χ4v) is 1.73. The van der Waals surface area contributed by atoms with Gasteiger partial charge in [0.25, 0.3) is 0 Å². The van der Waals surface area contributed by atoms with E-state index in [0.717, 1.165) is 18.2 Å². The van der Waals surface area contributed by atoms with Crippen LogP contribution in [0.1, 0.15) is 17.1 Å². The van der Waals surface area contributed by atoms with Crippen LogP contribution in [0.5, 0.6) is 0 Å². The summed E-state index contributed by atoms with van der Waals surface area (Å²) in [5.41, 5.74) is -2.22. The van der Waals surface area contributed by atoms with Crippen molar-refractivity contribution in [1.29, 1.82) is 0 Å². The van der Waals surface area contributed by atoms with Crippen LogP contribution in [-0.4, -0.2) is 9.97 Å². The SMILES string of the molecule is Cc1nc(C(F)(F)F)ccc1-c1cccc(C(F)(F)F)n1. The molecular weight excluding hydrogens is 298 g/mol. The zero-order chi connectivity index (χ0) is 15.8. The Labute approximate surface area is 115 Å². The summed E-state index contributed by atoms with van der Waals surface area (Å²) in [4.78, 5) is 6.79. The highest BCUT2D eigenvalue weighted by molar-refractivity contribution is 5.62. The third-order valence-electron chi connectivity index (χ3n) is 2.69. The second kappa shape index (κ2) is 5.01. The number of aryl methyl sites for hydroxylation is 1. The van der Waals surface area contributed by atoms with Crippen LogP contribution in [0.15, 0.2) is 30.3 Å². The second-order valence-electron chi connectivity index (χ2n) is 4.23. The van der Waals surface area contributed by atoms with Gasteiger partial charge in [-0.2, -0.15) is 26.3 Å². The number of hydrogen-bond donors (Lipinski definition) is 0. The highest BCUT2D eigenvalue weighted by Crippen LogP contribution is 2.32. The summed E-state index contributed by atoms with van der Waals surface area (Å²) >= 11 is 0. The van der Waals surface area contributed by atoms with Gasteiger partial charge in [-0.1, -0.05) is 6.07 Å². The molecule has 0 aliphatic carbocycles. The van der Waals surface area contributed by atoms with Crippen molar-refractivity contribution in [2.75, 3.05) is 0 Å². The van der Waals surface area contributed by atoms with Gasteiger partial charge in [0.05, 0.1) is 5.69 Å². The maximum atomic E-state index is 12.6. The van der Waals surface area contributed by atoms with E-state index >= 15 is 0 Å². The maximum Gasteiger partial charge on any atom is 0.433 e. The first-order valence-electron chi connectivity index (χ1n) is 5.68. The van der Waals surface area contributed by atoms with Gasteiger partial charge in [-0.3, -0.25) is 0 Å². The minimum atomic E-state index is -4.62. The average molecular weight is 306 g/mol. The van der Waals surface area contributed by atoms with Crippen LogP contribution < -0.4 is 0 Å². The molecule has 0 unspecified atom stereocenters. The van der Waals surface area contributed by atoms with E-state index in [0.29, 0.717) is 6.07 Å². The van der Waals surface area contributed by atoms with Crippen LogP contribution in [0.4, 0.5) is 26.3 Å². The first-order valence-corrected chi connectivity index (χ1v) is 5.68. The summed E-state index contributed by atoms with van der Waals surface area (Å²) in [5, 5.41) is 0. The molecule has 0 aliphatic rings. The Hall–Kier alpha value is -2.12. The molecule has 0 saturated heterocycles. The summed E-state index contributed by atoms with van der Waals surface area (Å²) in [6.07, 6.45) is -9.23. The first-order chi connectivity index (χ1) is 9.59. The third kappa shape index (κ3) is 3.32. The van der Waals surface area contributed by atoms with Gasteiger partial charge in [0.15, 0.2) is 0 Å². The molecule has 0 saturated carbocycles. The molecule has 0 atom stereocenters. The Morgan fingerprint density at radius 1 is 0.762 bits per heavy atom. The zero-order valence-corrected chi connectivity index (χ0v) is 10.5. The van der Waals surface area contributed by atoms with Crippen LogP contribution in [0, 0.1) is 6.92 Å². The van der Waals surface area contributed by atoms with E-state index in [2.05, 4.69) is 9.97 Å². The molecule has 2 heterocycles. The van der Waals surface area contributed by atoms with Gasteiger partial charge in [-0.15, -0.1) is 0 Å². The number of aromatic nitrogens is 2. The van der Waals surface area contributed by atoms with Crippen LogP contribution in [0.25, 0.3) is 11.3 Å². The van der Waals surface area contributed by atoms with Gasteiger partial charge in [0, 0.05) is 11.3 Å². The molecule has 8 heteroatoms. The standard InChI is InChI=1S/C13H8F6N2/c1-7-8(5-6-11(20-7)13(17,18)19)9-3-2-4-10(21-9)12(14,15)16/h2-6H,1H3. The van der Waals surface area contributed by atoms with Gasteiger partial charge >= 0.3 is 12.4 Å². The Bertz CT molecular complexity index is 660. The summed E-state index contributed by atoms with van der Waals surface area (Å²) in [6.45, 7) is 1.28. The number of halogens is 6. The van der Waals surface area contributed by atoms with Gasteiger partial charge in [-0.05, 0) is 31.2 Å². The lowest BCUT2D eigenvalue weighted by molar-refractivity contribution is -0.141. The molecule has 112 valence electrons. The Morgan fingerprint density at radius 3 is 1.86 bits per heavy atom. The molecule has 0 aromatic carbocycles. The number of nitrogens with zero attached hydrogens (tertiary/aromatic N) is 2. The number of alkyl halides is 6. The molecule has 0 amide bonds. The maximum absolute atomic E-state index is 12.6. The van der Waals surface area contributed by atoms with Gasteiger partial charge in [-0.25, -0.2) is 9.97 Å². The lowest BCUT2D eigenvalue weighted by atomic mass is 10.1. The van der Waals surface area contributed by atoms with Crippen molar-refractivity contribution in [3.63, 3.8) is 0 Å². The summed E-state index contributed by atoms with van der Waals surface area (Å²) in [5.74, 6) is 0. The predicted octanol–water partition coefficient (Wildman–Crippen LogP) is 4.49. The number of pyridine rings is 2. The van der Waals surface area contributed by atoms with Crippen LogP contribution in [-0.2, 0) is 12.4 Å². The lowest BCUT2D eigenvalue weighted by Gasteiger charge is -2.11. The fraction of sp³-hybridized carbons (Fsp3) is 0.231. The molecule has 0 radical (unpaired) electrons. The number of rotatable bonds is 1. The molecular formula is C13H8F6N2. The van der Waals surface area contributed by atoms with Crippen LogP contribution in [0.3, 0.4) is 0 Å². The largest absolute Gasteiger partial charge is 0.433 e. The predicted molar refractivity (Wildman–Crippen MR) is 62.2 cm³/mol. The Kier molecular flexibility index (Phi) is 3.65. The molecule has 2 aromatic heterocycles. The van der Waals surface area contributed by atoms with Crippen molar-refractivity contribution < 1.29 is 26.3 Å². The van der Waals surface area contributed by atoms with E-state index in [1.54, 1.807) is 0 Å². The Morgan fingerprint density at radius 2 is 1.33 bits per heavy atom. The highest BCUT2D eigenvalue weighted by atomic mass is 19.4. The van der Waals surface area contributed by atoms with E-state index in [4.69, 9.17) is 0 Å². The molecule has 21 heavy (non-hydrogen) atoms. The molecule has 0 spiro atoms. The Balaban J connectivity index is 2.48. The van der Waals surface area contributed by atoms with Crippen LogP contribution in [0.2, 0.25) is 0 Å². The van der Waals surface area contributed by atoms with Crippen molar-refractivity contribution in [2.24, 2.45) is 0 Å². The van der Waals surface area contributed by atoms with Crippen molar-refractivity contribution >= 4 is 0 Å². The van der Waals surface area contributed by atoms with E-state index in [9.17, 15) is 26.3 Å². The normalized spacial score (nSPS) is 12.5. The highest BCUT2D eigenvalue weighted by Gasteiger charge is 2.34. The smallest absolute Gasteiger partial charge is 0.248 e. The molecule has 0 bridgehead atoms. The average Bonchev–Trinajstić information content (AvgIpc) is 2.36. The summed E-state index contributed by atoms with van der Waals surface area (Å²) in [7, 11) is 0. The van der Waals surface area contributed by atoms with Crippen molar-refractivity contribution in [3.05, 3.63) is 47.4 Å².